The van der Waals surface area contributed by atoms with Crippen LogP contribution in [0.5, 0.6) is 11.5 Å². The molecule has 0 bridgehead atoms. The number of nitro benzene ring substituents is 1. The number of anilines is 2. The van der Waals surface area contributed by atoms with Gasteiger partial charge in [0, 0.05) is 19.0 Å². The van der Waals surface area contributed by atoms with Crippen molar-refractivity contribution in [3.05, 3.63) is 87.5 Å². The van der Waals surface area contributed by atoms with E-state index in [2.05, 4.69) is 0 Å². The fraction of sp³-hybridized carbons (Fsp3) is 0.185. The number of hydrogen-bond donors (Lipinski definition) is 0. The number of methoxy groups -OCH3 is 1. The van der Waals surface area contributed by atoms with Gasteiger partial charge < -0.3 is 14.4 Å². The molecule has 5 rings (SSSR count). The van der Waals surface area contributed by atoms with Gasteiger partial charge in [-0.2, -0.15) is 0 Å². The maximum absolute atomic E-state index is 12.9. The summed E-state index contributed by atoms with van der Waals surface area (Å²) in [5.41, 5.74) is 1.71. The molecule has 38 heavy (non-hydrogen) atoms. The molecule has 0 unspecified atom stereocenters. The zero-order valence-corrected chi connectivity index (χ0v) is 20.4. The summed E-state index contributed by atoms with van der Waals surface area (Å²) < 4.78 is 10.7. The minimum atomic E-state index is -0.779. The molecule has 3 aromatic carbocycles. The summed E-state index contributed by atoms with van der Waals surface area (Å²) >= 11 is 0. The highest BCUT2D eigenvalue weighted by Crippen LogP contribution is 2.37. The lowest BCUT2D eigenvalue weighted by atomic mass is 10.1. The molecular weight excluding hydrogens is 494 g/mol. The SMILES string of the molecule is COc1cc([N+](=O)[O-])ccc1N1C[C@H](C(=O)Oc2ccc(N3C(=O)c4ccccc4C3=O)c(C)c2)CC1=O. The van der Waals surface area contributed by atoms with Crippen molar-refractivity contribution in [2.45, 2.75) is 13.3 Å². The number of amides is 3. The van der Waals surface area contributed by atoms with Crippen LogP contribution in [0.1, 0.15) is 32.7 Å². The molecule has 0 radical (unpaired) electrons. The second kappa shape index (κ2) is 9.43. The number of nitro groups is 1. The predicted octanol–water partition coefficient (Wildman–Crippen LogP) is 3.67. The largest absolute Gasteiger partial charge is 0.494 e. The Morgan fingerprint density at radius 2 is 1.63 bits per heavy atom. The van der Waals surface area contributed by atoms with Crippen LogP contribution >= 0.6 is 0 Å². The van der Waals surface area contributed by atoms with E-state index in [1.54, 1.807) is 37.3 Å². The van der Waals surface area contributed by atoms with Gasteiger partial charge in [-0.1, -0.05) is 12.1 Å². The number of imide groups is 1. The molecule has 2 aliphatic rings. The quantitative estimate of drug-likeness (QED) is 0.159. The van der Waals surface area contributed by atoms with Crippen LogP contribution in [0.4, 0.5) is 17.1 Å². The maximum Gasteiger partial charge on any atom is 0.316 e. The number of esters is 1. The molecule has 1 atom stereocenters. The Labute approximate surface area is 216 Å². The lowest BCUT2D eigenvalue weighted by Crippen LogP contribution is -2.30. The van der Waals surface area contributed by atoms with E-state index < -0.39 is 28.6 Å². The number of carbonyl (C=O) groups is 4. The van der Waals surface area contributed by atoms with Gasteiger partial charge in [0.2, 0.25) is 5.91 Å². The number of fused-ring (bicyclic) bond motifs is 1. The van der Waals surface area contributed by atoms with E-state index in [1.807, 2.05) is 0 Å². The van der Waals surface area contributed by atoms with Crippen LogP contribution in [0.25, 0.3) is 0 Å². The van der Waals surface area contributed by atoms with Crippen LogP contribution in [-0.4, -0.2) is 42.3 Å². The third kappa shape index (κ3) is 4.13. The normalized spacial score (nSPS) is 16.6. The van der Waals surface area contributed by atoms with E-state index in [-0.39, 0.29) is 36.1 Å². The molecule has 0 N–H and O–H groups in total. The number of non-ortho nitro benzene ring substituents is 1. The van der Waals surface area contributed by atoms with Gasteiger partial charge in [-0.05, 0) is 48.9 Å². The zero-order valence-electron chi connectivity index (χ0n) is 20.4. The smallest absolute Gasteiger partial charge is 0.316 e. The van der Waals surface area contributed by atoms with E-state index in [1.165, 1.54) is 42.3 Å². The molecule has 11 heteroatoms. The molecule has 1 saturated heterocycles. The Balaban J connectivity index is 1.30. The first-order valence-corrected chi connectivity index (χ1v) is 11.6. The topological polar surface area (TPSA) is 136 Å². The predicted molar refractivity (Wildman–Crippen MR) is 135 cm³/mol. The van der Waals surface area contributed by atoms with E-state index in [9.17, 15) is 29.3 Å². The number of aryl methyl sites for hydroxylation is 1. The monoisotopic (exact) mass is 515 g/mol. The number of hydrogen-bond acceptors (Lipinski definition) is 8. The van der Waals surface area contributed by atoms with Crippen molar-refractivity contribution in [2.75, 3.05) is 23.5 Å². The second-order valence-electron chi connectivity index (χ2n) is 8.88. The van der Waals surface area contributed by atoms with Crippen molar-refractivity contribution < 1.29 is 33.6 Å². The van der Waals surface area contributed by atoms with E-state index in [4.69, 9.17) is 9.47 Å². The number of nitrogens with zero attached hydrogens (tertiary/aromatic N) is 3. The first-order chi connectivity index (χ1) is 18.2. The van der Waals surface area contributed by atoms with Crippen LogP contribution in [0.3, 0.4) is 0 Å². The summed E-state index contributed by atoms with van der Waals surface area (Å²) in [7, 11) is 1.34. The third-order valence-electron chi connectivity index (χ3n) is 6.54. The van der Waals surface area contributed by atoms with Crippen LogP contribution in [0, 0.1) is 23.0 Å². The first kappa shape index (κ1) is 24.6. The van der Waals surface area contributed by atoms with Crippen LogP contribution in [0.15, 0.2) is 60.7 Å². The van der Waals surface area contributed by atoms with Crippen LogP contribution in [0.2, 0.25) is 0 Å². The Hall–Kier alpha value is -5.06. The number of benzene rings is 3. The van der Waals surface area contributed by atoms with Gasteiger partial charge >= 0.3 is 5.97 Å². The molecule has 3 aromatic rings. The summed E-state index contributed by atoms with van der Waals surface area (Å²) in [6.45, 7) is 1.70. The number of carbonyl (C=O) groups excluding carboxylic acids is 4. The molecule has 192 valence electrons. The number of rotatable bonds is 6. The lowest BCUT2D eigenvalue weighted by molar-refractivity contribution is -0.384. The molecule has 1 fully saturated rings. The Kier molecular flexibility index (Phi) is 6.11. The Bertz CT molecular complexity index is 1500. The van der Waals surface area contributed by atoms with Crippen molar-refractivity contribution in [1.82, 2.24) is 0 Å². The van der Waals surface area contributed by atoms with Crippen LogP contribution < -0.4 is 19.3 Å². The summed E-state index contributed by atoms with van der Waals surface area (Å²) in [6.07, 6.45) is -0.106. The highest BCUT2D eigenvalue weighted by atomic mass is 16.6. The average Bonchev–Trinajstić information content (AvgIpc) is 3.41. The van der Waals surface area contributed by atoms with E-state index in [0.717, 1.165) is 4.90 Å². The van der Waals surface area contributed by atoms with E-state index in [0.29, 0.717) is 28.1 Å². The molecule has 0 spiro atoms. The van der Waals surface area contributed by atoms with Gasteiger partial charge in [-0.25, -0.2) is 4.90 Å². The zero-order chi connectivity index (χ0) is 27.1. The Morgan fingerprint density at radius 3 is 2.24 bits per heavy atom. The minimum Gasteiger partial charge on any atom is -0.494 e. The number of ether oxygens (including phenoxy) is 2. The van der Waals surface area contributed by atoms with Gasteiger partial charge in [0.05, 0.1) is 46.5 Å². The van der Waals surface area contributed by atoms with Gasteiger partial charge in [0.1, 0.15) is 11.5 Å². The summed E-state index contributed by atoms with van der Waals surface area (Å²) in [6, 6.07) is 15.0. The molecule has 2 heterocycles. The molecule has 0 aliphatic carbocycles. The molecular formula is C27H21N3O8. The van der Waals surface area contributed by atoms with Gasteiger partial charge in [0.15, 0.2) is 0 Å². The van der Waals surface area contributed by atoms with Gasteiger partial charge in [-0.15, -0.1) is 0 Å². The van der Waals surface area contributed by atoms with Crippen LogP contribution in [-0.2, 0) is 9.59 Å². The van der Waals surface area contributed by atoms with Crippen molar-refractivity contribution in [1.29, 1.82) is 0 Å². The van der Waals surface area contributed by atoms with Crippen molar-refractivity contribution >= 4 is 40.8 Å². The molecule has 0 aromatic heterocycles. The van der Waals surface area contributed by atoms with Gasteiger partial charge in [0.25, 0.3) is 17.5 Å². The third-order valence-corrected chi connectivity index (χ3v) is 6.54. The fourth-order valence-electron chi connectivity index (χ4n) is 4.65. The van der Waals surface area contributed by atoms with E-state index >= 15 is 0 Å². The minimum absolute atomic E-state index is 0.0118. The molecule has 11 nitrogen and oxygen atoms in total. The summed E-state index contributed by atoms with van der Waals surface area (Å²) in [5.74, 6) is -2.27. The maximum atomic E-state index is 12.9. The second-order valence-corrected chi connectivity index (χ2v) is 8.88. The van der Waals surface area contributed by atoms with Crippen molar-refractivity contribution in [2.24, 2.45) is 5.92 Å². The first-order valence-electron chi connectivity index (χ1n) is 11.6. The molecule has 2 aliphatic heterocycles. The highest BCUT2D eigenvalue weighted by molar-refractivity contribution is 6.34. The summed E-state index contributed by atoms with van der Waals surface area (Å²) in [4.78, 5) is 64.1. The molecule has 0 saturated carbocycles. The Morgan fingerprint density at radius 1 is 0.974 bits per heavy atom. The standard InChI is InChI=1S/C27H21N3O8/c1-15-11-18(8-10-21(15)29-25(32)19-5-3-4-6-20(19)26(29)33)38-27(34)16-12-24(31)28(14-16)22-9-7-17(30(35)36)13-23(22)37-2/h3-11,13,16H,12,14H2,1-2H3/t16-/m1/s1. The lowest BCUT2D eigenvalue weighted by Gasteiger charge is -2.19. The van der Waals surface area contributed by atoms with Crippen molar-refractivity contribution in [3.63, 3.8) is 0 Å². The highest BCUT2D eigenvalue weighted by Gasteiger charge is 2.39. The van der Waals surface area contributed by atoms with Crippen molar-refractivity contribution in [3.8, 4) is 11.5 Å². The van der Waals surface area contributed by atoms with Gasteiger partial charge in [-0.3, -0.25) is 29.3 Å². The molecule has 3 amide bonds. The average molecular weight is 515 g/mol. The fourth-order valence-corrected chi connectivity index (χ4v) is 4.65. The summed E-state index contributed by atoms with van der Waals surface area (Å²) in [5, 5.41) is 11.1.